The zero-order chi connectivity index (χ0) is 23.8. The number of nitrogens with zero attached hydrogens (tertiary/aromatic N) is 3. The van der Waals surface area contributed by atoms with E-state index in [2.05, 4.69) is 10.4 Å². The van der Waals surface area contributed by atoms with Crippen LogP contribution in [-0.2, 0) is 19.3 Å². The predicted molar refractivity (Wildman–Crippen MR) is 128 cm³/mol. The minimum absolute atomic E-state index is 0.211. The van der Waals surface area contributed by atoms with Crippen molar-refractivity contribution in [3.63, 3.8) is 0 Å². The van der Waals surface area contributed by atoms with Crippen LogP contribution in [0.1, 0.15) is 31.4 Å². The molecule has 0 unspecified atom stereocenters. The van der Waals surface area contributed by atoms with Gasteiger partial charge in [0.25, 0.3) is 5.91 Å². The molecule has 8 nitrogen and oxygen atoms in total. The summed E-state index contributed by atoms with van der Waals surface area (Å²) in [6, 6.07) is 12.9. The van der Waals surface area contributed by atoms with Crippen LogP contribution in [0.5, 0.6) is 5.75 Å². The Hall–Kier alpha value is -3.04. The molecule has 0 aromatic heterocycles. The average Bonchev–Trinajstić information content (AvgIpc) is 3.24. The molecule has 1 atom stereocenters. The van der Waals surface area contributed by atoms with Crippen molar-refractivity contribution in [3.8, 4) is 5.75 Å². The standard InChI is InChI=1S/C23H23ClN4O4S/c1-14-9-10-19-17(13-14)23(28(16(3)30)26-22(33-23)25-15(2)29)21(31)27(19)11-6-12-32-20-8-5-4-7-18(20)24/h4-5,7-10,13H,6,11-12H2,1-3H3,(H,25,26,29)/t23-/m0/s1. The molecule has 0 radical (unpaired) electrons. The number of amides is 3. The average molecular weight is 487 g/mol. The minimum Gasteiger partial charge on any atom is -0.492 e. The van der Waals surface area contributed by atoms with Gasteiger partial charge in [0.2, 0.25) is 16.7 Å². The van der Waals surface area contributed by atoms with E-state index in [0.29, 0.717) is 41.6 Å². The molecule has 2 aliphatic heterocycles. The lowest BCUT2D eigenvalue weighted by atomic mass is 10.0. The molecule has 2 aromatic rings. The van der Waals surface area contributed by atoms with Crippen molar-refractivity contribution in [3.05, 3.63) is 58.6 Å². The van der Waals surface area contributed by atoms with Crippen LogP contribution in [0.15, 0.2) is 47.6 Å². The number of hydrogen-bond acceptors (Lipinski definition) is 6. The first kappa shape index (κ1) is 23.1. The highest BCUT2D eigenvalue weighted by Crippen LogP contribution is 2.54. The number of benzene rings is 2. The van der Waals surface area contributed by atoms with E-state index in [1.807, 2.05) is 37.3 Å². The second kappa shape index (κ2) is 9.07. The summed E-state index contributed by atoms with van der Waals surface area (Å²) < 4.78 is 5.77. The van der Waals surface area contributed by atoms with Gasteiger partial charge in [0.05, 0.1) is 17.3 Å². The normalized spacial score (nSPS) is 19.0. The SMILES string of the molecule is CC(=O)NC1=NN(C(C)=O)[C@@]2(S1)C(=O)N(CCCOc1ccccc1Cl)c1ccc(C)cc12. The molecular formula is C23H23ClN4O4S. The topological polar surface area (TPSA) is 91.3 Å². The van der Waals surface area contributed by atoms with Crippen molar-refractivity contribution in [2.24, 2.45) is 5.10 Å². The number of nitrogens with one attached hydrogen (secondary N) is 1. The van der Waals surface area contributed by atoms with Gasteiger partial charge in [-0.2, -0.15) is 5.01 Å². The number of para-hydroxylation sites is 1. The molecule has 0 fully saturated rings. The third-order valence-corrected chi connectivity index (χ3v) is 6.83. The Morgan fingerprint density at radius 2 is 1.97 bits per heavy atom. The second-order valence-corrected chi connectivity index (χ2v) is 9.36. The summed E-state index contributed by atoms with van der Waals surface area (Å²) in [4.78, 5) is 38.2. The minimum atomic E-state index is -1.39. The number of ether oxygens (including phenoxy) is 1. The van der Waals surface area contributed by atoms with Gasteiger partial charge in [0.15, 0.2) is 5.17 Å². The summed E-state index contributed by atoms with van der Waals surface area (Å²) in [5, 5.41) is 8.78. The van der Waals surface area contributed by atoms with E-state index in [-0.39, 0.29) is 17.0 Å². The fraction of sp³-hybridized carbons (Fsp3) is 0.304. The van der Waals surface area contributed by atoms with E-state index in [9.17, 15) is 14.4 Å². The molecule has 10 heteroatoms. The van der Waals surface area contributed by atoms with E-state index < -0.39 is 10.8 Å². The second-order valence-electron chi connectivity index (χ2n) is 7.77. The van der Waals surface area contributed by atoms with Crippen LogP contribution in [0.2, 0.25) is 5.02 Å². The summed E-state index contributed by atoms with van der Waals surface area (Å²) in [7, 11) is 0. The Morgan fingerprint density at radius 3 is 2.67 bits per heavy atom. The number of halogens is 1. The predicted octanol–water partition coefficient (Wildman–Crippen LogP) is 3.62. The van der Waals surface area contributed by atoms with Gasteiger partial charge in [0, 0.05) is 26.0 Å². The number of hydrogen-bond donors (Lipinski definition) is 1. The van der Waals surface area contributed by atoms with Crippen LogP contribution in [0.4, 0.5) is 5.69 Å². The maximum absolute atomic E-state index is 13.8. The number of aryl methyl sites for hydroxylation is 1. The molecule has 2 aliphatic rings. The fourth-order valence-corrected chi connectivity index (χ4v) is 5.43. The Morgan fingerprint density at radius 1 is 1.21 bits per heavy atom. The zero-order valence-electron chi connectivity index (χ0n) is 18.4. The van der Waals surface area contributed by atoms with Crippen molar-refractivity contribution < 1.29 is 19.1 Å². The molecule has 0 bridgehead atoms. The van der Waals surface area contributed by atoms with Gasteiger partial charge in [-0.3, -0.25) is 14.4 Å². The third kappa shape index (κ3) is 4.18. The first-order valence-electron chi connectivity index (χ1n) is 10.4. The highest BCUT2D eigenvalue weighted by Gasteiger charge is 2.61. The number of carbonyl (C=O) groups is 3. The Kier molecular flexibility index (Phi) is 6.36. The van der Waals surface area contributed by atoms with Gasteiger partial charge >= 0.3 is 0 Å². The maximum atomic E-state index is 13.8. The lowest BCUT2D eigenvalue weighted by molar-refractivity contribution is -0.139. The van der Waals surface area contributed by atoms with E-state index in [0.717, 1.165) is 17.3 Å². The molecule has 33 heavy (non-hydrogen) atoms. The van der Waals surface area contributed by atoms with Gasteiger partial charge in [0.1, 0.15) is 5.75 Å². The highest BCUT2D eigenvalue weighted by atomic mass is 35.5. The number of carbonyl (C=O) groups excluding carboxylic acids is 3. The first-order chi connectivity index (χ1) is 15.7. The largest absolute Gasteiger partial charge is 0.492 e. The van der Waals surface area contributed by atoms with Crippen LogP contribution in [-0.4, -0.2) is 41.0 Å². The summed E-state index contributed by atoms with van der Waals surface area (Å²) in [6.07, 6.45) is 0.546. The number of thioether (sulfide) groups is 1. The number of fused-ring (bicyclic) bond motifs is 2. The summed E-state index contributed by atoms with van der Waals surface area (Å²) in [5.74, 6) is -0.426. The Labute approximate surface area is 200 Å². The molecule has 2 aromatic carbocycles. The molecular weight excluding hydrogens is 464 g/mol. The smallest absolute Gasteiger partial charge is 0.270 e. The van der Waals surface area contributed by atoms with Crippen LogP contribution in [0, 0.1) is 6.92 Å². The lowest BCUT2D eigenvalue weighted by Crippen LogP contribution is -2.48. The Bertz CT molecular complexity index is 1170. The van der Waals surface area contributed by atoms with E-state index in [4.69, 9.17) is 16.3 Å². The van der Waals surface area contributed by atoms with Crippen LogP contribution in [0.3, 0.4) is 0 Å². The van der Waals surface area contributed by atoms with Crippen molar-refractivity contribution in [2.45, 2.75) is 32.1 Å². The summed E-state index contributed by atoms with van der Waals surface area (Å²) >= 11 is 7.21. The number of anilines is 1. The molecule has 3 amide bonds. The molecule has 0 saturated heterocycles. The number of amidine groups is 1. The van der Waals surface area contributed by atoms with Crippen LogP contribution < -0.4 is 15.0 Å². The maximum Gasteiger partial charge on any atom is 0.270 e. The van der Waals surface area contributed by atoms with Crippen LogP contribution in [0.25, 0.3) is 0 Å². The first-order valence-corrected chi connectivity index (χ1v) is 11.6. The van der Waals surface area contributed by atoms with E-state index >= 15 is 0 Å². The van der Waals surface area contributed by atoms with Gasteiger partial charge in [-0.05, 0) is 43.3 Å². The highest BCUT2D eigenvalue weighted by molar-refractivity contribution is 8.15. The van der Waals surface area contributed by atoms with E-state index in [1.165, 1.54) is 18.9 Å². The summed E-state index contributed by atoms with van der Waals surface area (Å²) in [5.41, 5.74) is 2.33. The quantitative estimate of drug-likeness (QED) is 0.652. The van der Waals surface area contributed by atoms with Gasteiger partial charge in [-0.1, -0.05) is 41.4 Å². The molecule has 2 heterocycles. The fourth-order valence-electron chi connectivity index (χ4n) is 3.91. The van der Waals surface area contributed by atoms with Gasteiger partial charge in [-0.25, -0.2) is 0 Å². The van der Waals surface area contributed by atoms with Crippen LogP contribution >= 0.6 is 23.4 Å². The molecule has 0 aliphatic carbocycles. The number of rotatable bonds is 5. The molecule has 0 saturated carbocycles. The van der Waals surface area contributed by atoms with Crippen molar-refractivity contribution in [1.29, 1.82) is 0 Å². The van der Waals surface area contributed by atoms with Crippen molar-refractivity contribution in [2.75, 3.05) is 18.1 Å². The van der Waals surface area contributed by atoms with Crippen molar-refractivity contribution in [1.82, 2.24) is 10.3 Å². The number of hydrazone groups is 1. The monoisotopic (exact) mass is 486 g/mol. The molecule has 4 rings (SSSR count). The van der Waals surface area contributed by atoms with Crippen molar-refractivity contribution >= 4 is 51.9 Å². The van der Waals surface area contributed by atoms with Gasteiger partial charge in [-0.15, -0.1) is 5.10 Å². The van der Waals surface area contributed by atoms with Gasteiger partial charge < -0.3 is 15.0 Å². The Balaban J connectivity index is 1.60. The van der Waals surface area contributed by atoms with E-state index in [1.54, 1.807) is 17.0 Å². The zero-order valence-corrected chi connectivity index (χ0v) is 20.0. The molecule has 172 valence electrons. The summed E-state index contributed by atoms with van der Waals surface area (Å²) in [6.45, 7) is 5.37. The molecule has 1 spiro atoms. The molecule has 1 N–H and O–H groups in total. The lowest BCUT2D eigenvalue weighted by Gasteiger charge is -2.29. The third-order valence-electron chi connectivity index (χ3n) is 5.28.